The van der Waals surface area contributed by atoms with Gasteiger partial charge in [0.25, 0.3) is 5.91 Å². The highest BCUT2D eigenvalue weighted by atomic mass is 16.2. The van der Waals surface area contributed by atoms with Crippen LogP contribution in [-0.4, -0.2) is 28.9 Å². The minimum Gasteiger partial charge on any atom is -0.339 e. The Morgan fingerprint density at radius 1 is 1.12 bits per heavy atom. The topological polar surface area (TPSA) is 33.2 Å². The molecule has 0 aliphatic carbocycles. The molecule has 0 atom stereocenters. The maximum atomic E-state index is 12.3. The molecule has 1 aromatic rings. The van der Waals surface area contributed by atoms with Crippen molar-refractivity contribution in [3.63, 3.8) is 0 Å². The van der Waals surface area contributed by atoms with Crippen LogP contribution in [0.4, 0.5) is 0 Å². The molecule has 0 bridgehead atoms. The van der Waals surface area contributed by atoms with E-state index in [9.17, 15) is 4.79 Å². The average molecular weight is 234 g/mol. The summed E-state index contributed by atoms with van der Waals surface area (Å²) < 4.78 is 0. The molecular formula is C14H22N2O. The predicted molar refractivity (Wildman–Crippen MR) is 70.0 cm³/mol. The average Bonchev–Trinajstić information content (AvgIpc) is 2.39. The summed E-state index contributed by atoms with van der Waals surface area (Å²) in [5.41, 5.74) is 0.743. The lowest BCUT2D eigenvalue weighted by atomic mass is 10.2. The van der Waals surface area contributed by atoms with Gasteiger partial charge in [-0.1, -0.05) is 26.7 Å². The Kier molecular flexibility index (Phi) is 6.30. The quantitative estimate of drug-likeness (QED) is 0.726. The van der Waals surface area contributed by atoms with Gasteiger partial charge in [-0.05, 0) is 25.0 Å². The van der Waals surface area contributed by atoms with Crippen LogP contribution in [-0.2, 0) is 0 Å². The number of hydrogen-bond donors (Lipinski definition) is 0. The molecule has 1 rings (SSSR count). The predicted octanol–water partition coefficient (Wildman–Crippen LogP) is 3.12. The van der Waals surface area contributed by atoms with Crippen LogP contribution in [0.5, 0.6) is 0 Å². The normalized spacial score (nSPS) is 10.2. The lowest BCUT2D eigenvalue weighted by Gasteiger charge is -2.22. The van der Waals surface area contributed by atoms with Crippen LogP contribution in [0.15, 0.2) is 24.5 Å². The highest BCUT2D eigenvalue weighted by Gasteiger charge is 2.14. The van der Waals surface area contributed by atoms with Crippen LogP contribution >= 0.6 is 0 Å². The van der Waals surface area contributed by atoms with Crippen LogP contribution in [0.1, 0.15) is 49.9 Å². The summed E-state index contributed by atoms with van der Waals surface area (Å²) in [6, 6.07) is 3.57. The monoisotopic (exact) mass is 234 g/mol. The summed E-state index contributed by atoms with van der Waals surface area (Å²) in [5, 5.41) is 0. The van der Waals surface area contributed by atoms with Crippen molar-refractivity contribution in [2.75, 3.05) is 13.1 Å². The Hall–Kier alpha value is -1.38. The Morgan fingerprint density at radius 3 is 2.12 bits per heavy atom. The van der Waals surface area contributed by atoms with Crippen LogP contribution in [0.3, 0.4) is 0 Å². The molecule has 0 N–H and O–H groups in total. The van der Waals surface area contributed by atoms with Gasteiger partial charge in [0.1, 0.15) is 0 Å². The SMILES string of the molecule is CCCCN(CCCC)C(=O)c1ccncc1. The molecule has 0 saturated heterocycles. The van der Waals surface area contributed by atoms with E-state index in [0.717, 1.165) is 44.3 Å². The molecule has 0 spiro atoms. The minimum absolute atomic E-state index is 0.134. The lowest BCUT2D eigenvalue weighted by molar-refractivity contribution is 0.0751. The molecule has 94 valence electrons. The maximum Gasteiger partial charge on any atom is 0.253 e. The first-order valence-electron chi connectivity index (χ1n) is 6.48. The Bertz CT molecular complexity index is 316. The molecule has 1 aromatic heterocycles. The summed E-state index contributed by atoms with van der Waals surface area (Å²) in [6.45, 7) is 6.01. The Labute approximate surface area is 104 Å². The van der Waals surface area contributed by atoms with Crippen LogP contribution < -0.4 is 0 Å². The molecule has 0 fully saturated rings. The van der Waals surface area contributed by atoms with Crippen molar-refractivity contribution in [2.24, 2.45) is 0 Å². The van der Waals surface area contributed by atoms with Crippen molar-refractivity contribution < 1.29 is 4.79 Å². The maximum absolute atomic E-state index is 12.3. The van der Waals surface area contributed by atoms with Crippen molar-refractivity contribution in [3.8, 4) is 0 Å². The molecule has 0 aliphatic heterocycles. The largest absolute Gasteiger partial charge is 0.339 e. The van der Waals surface area contributed by atoms with Gasteiger partial charge >= 0.3 is 0 Å². The van der Waals surface area contributed by atoms with Gasteiger partial charge in [0, 0.05) is 31.0 Å². The molecule has 1 heterocycles. The smallest absolute Gasteiger partial charge is 0.253 e. The van der Waals surface area contributed by atoms with E-state index in [-0.39, 0.29) is 5.91 Å². The first-order chi connectivity index (χ1) is 8.29. The van der Waals surface area contributed by atoms with E-state index in [1.807, 2.05) is 4.90 Å². The van der Waals surface area contributed by atoms with Gasteiger partial charge in [-0.25, -0.2) is 0 Å². The van der Waals surface area contributed by atoms with Crippen molar-refractivity contribution in [2.45, 2.75) is 39.5 Å². The second kappa shape index (κ2) is 7.82. The van der Waals surface area contributed by atoms with Crippen molar-refractivity contribution in [3.05, 3.63) is 30.1 Å². The molecule has 3 nitrogen and oxygen atoms in total. The summed E-state index contributed by atoms with van der Waals surface area (Å²) >= 11 is 0. The molecule has 17 heavy (non-hydrogen) atoms. The number of carbonyl (C=O) groups excluding carboxylic acids is 1. The summed E-state index contributed by atoms with van der Waals surface area (Å²) in [7, 11) is 0. The molecule has 0 unspecified atom stereocenters. The molecule has 0 radical (unpaired) electrons. The van der Waals surface area contributed by atoms with Gasteiger partial charge in [-0.15, -0.1) is 0 Å². The third kappa shape index (κ3) is 4.55. The minimum atomic E-state index is 0.134. The van der Waals surface area contributed by atoms with E-state index < -0.39 is 0 Å². The lowest BCUT2D eigenvalue weighted by Crippen LogP contribution is -2.32. The fourth-order valence-electron chi connectivity index (χ4n) is 1.69. The van der Waals surface area contributed by atoms with Crippen molar-refractivity contribution >= 4 is 5.91 Å². The fourth-order valence-corrected chi connectivity index (χ4v) is 1.69. The van der Waals surface area contributed by atoms with E-state index in [0.29, 0.717) is 0 Å². The van der Waals surface area contributed by atoms with E-state index in [1.165, 1.54) is 0 Å². The Morgan fingerprint density at radius 2 is 1.65 bits per heavy atom. The zero-order valence-corrected chi connectivity index (χ0v) is 10.9. The van der Waals surface area contributed by atoms with Gasteiger partial charge < -0.3 is 4.90 Å². The molecule has 1 amide bonds. The number of hydrogen-bond acceptors (Lipinski definition) is 2. The van der Waals surface area contributed by atoms with Gasteiger partial charge in [0.05, 0.1) is 0 Å². The number of aromatic nitrogens is 1. The molecular weight excluding hydrogens is 212 g/mol. The second-order valence-corrected chi connectivity index (χ2v) is 4.24. The van der Waals surface area contributed by atoms with E-state index in [2.05, 4.69) is 18.8 Å². The van der Waals surface area contributed by atoms with Gasteiger partial charge in [-0.3, -0.25) is 9.78 Å². The van der Waals surface area contributed by atoms with Crippen LogP contribution in [0, 0.1) is 0 Å². The van der Waals surface area contributed by atoms with Crippen molar-refractivity contribution in [1.29, 1.82) is 0 Å². The Balaban J connectivity index is 2.64. The molecule has 3 heteroatoms. The third-order valence-corrected chi connectivity index (χ3v) is 2.78. The number of amides is 1. The first-order valence-corrected chi connectivity index (χ1v) is 6.48. The number of pyridine rings is 1. The molecule has 0 aliphatic rings. The van der Waals surface area contributed by atoms with Crippen LogP contribution in [0.25, 0.3) is 0 Å². The summed E-state index contributed by atoms with van der Waals surface area (Å²) in [6.07, 6.45) is 7.72. The first kappa shape index (κ1) is 13.7. The van der Waals surface area contributed by atoms with E-state index in [4.69, 9.17) is 0 Å². The van der Waals surface area contributed by atoms with E-state index in [1.54, 1.807) is 24.5 Å². The van der Waals surface area contributed by atoms with Crippen molar-refractivity contribution in [1.82, 2.24) is 9.88 Å². The zero-order chi connectivity index (χ0) is 12.5. The number of nitrogens with zero attached hydrogens (tertiary/aromatic N) is 2. The van der Waals surface area contributed by atoms with Crippen LogP contribution in [0.2, 0.25) is 0 Å². The van der Waals surface area contributed by atoms with Gasteiger partial charge in [0.2, 0.25) is 0 Å². The second-order valence-electron chi connectivity index (χ2n) is 4.24. The number of unbranched alkanes of at least 4 members (excludes halogenated alkanes) is 2. The number of rotatable bonds is 7. The standard InChI is InChI=1S/C14H22N2O/c1-3-5-11-16(12-6-4-2)14(17)13-7-9-15-10-8-13/h7-10H,3-6,11-12H2,1-2H3. The number of carbonyl (C=O) groups is 1. The molecule has 0 aromatic carbocycles. The van der Waals surface area contributed by atoms with Gasteiger partial charge in [-0.2, -0.15) is 0 Å². The summed E-state index contributed by atoms with van der Waals surface area (Å²) in [4.78, 5) is 18.2. The molecule has 0 saturated carbocycles. The fraction of sp³-hybridized carbons (Fsp3) is 0.571. The highest BCUT2D eigenvalue weighted by molar-refractivity contribution is 5.94. The highest BCUT2D eigenvalue weighted by Crippen LogP contribution is 2.07. The van der Waals surface area contributed by atoms with Gasteiger partial charge in [0.15, 0.2) is 0 Å². The van der Waals surface area contributed by atoms with E-state index >= 15 is 0 Å². The zero-order valence-electron chi connectivity index (χ0n) is 10.9. The summed E-state index contributed by atoms with van der Waals surface area (Å²) in [5.74, 6) is 0.134. The third-order valence-electron chi connectivity index (χ3n) is 2.78.